The van der Waals surface area contributed by atoms with Gasteiger partial charge in [0.15, 0.2) is 0 Å². The minimum atomic E-state index is -4.05. The molecule has 0 unspecified atom stereocenters. The van der Waals surface area contributed by atoms with Gasteiger partial charge in [-0.15, -0.1) is 0 Å². The van der Waals surface area contributed by atoms with Gasteiger partial charge in [-0.2, -0.15) is 17.2 Å². The van der Waals surface area contributed by atoms with Crippen molar-refractivity contribution in [2.24, 2.45) is 0 Å². The third-order valence-corrected chi connectivity index (χ3v) is 6.45. The molecule has 0 aliphatic carbocycles. The van der Waals surface area contributed by atoms with Gasteiger partial charge in [0.2, 0.25) is 10.9 Å². The first-order chi connectivity index (χ1) is 12.9. The third-order valence-electron chi connectivity index (χ3n) is 4.23. The van der Waals surface area contributed by atoms with Crippen LogP contribution in [0, 0.1) is 12.1 Å². The van der Waals surface area contributed by atoms with Crippen molar-refractivity contribution in [3.05, 3.63) is 76.4 Å². The molecule has 0 aliphatic heterocycles. The topological polar surface area (TPSA) is 62.3 Å². The summed E-state index contributed by atoms with van der Waals surface area (Å²) in [5, 5.41) is -0.665. The Balaban J connectivity index is 2.06. The van der Waals surface area contributed by atoms with Crippen LogP contribution in [0.2, 0.25) is 0 Å². The lowest BCUT2D eigenvalue weighted by atomic mass is 10.0. The maximum Gasteiger partial charge on any atom is 0.279 e. The Bertz CT molecular complexity index is 1010. The highest BCUT2D eigenvalue weighted by atomic mass is 32.2. The monoisotopic (exact) mass is 405 g/mol. The fourth-order valence-corrected chi connectivity index (χ4v) is 4.69. The van der Waals surface area contributed by atoms with E-state index in [2.05, 4.69) is 10.4 Å². The summed E-state index contributed by atoms with van der Waals surface area (Å²) in [6.45, 7) is 3.90. The SMILES string of the molecule is CC[C@H](NN(c1ncsc1F)S(=O)(=O)c1ccccc1)c1ccccc1C. The Hall–Kier alpha value is -2.29. The lowest BCUT2D eigenvalue weighted by molar-refractivity contribution is 0.508. The average Bonchev–Trinajstić information content (AvgIpc) is 3.09. The fourth-order valence-electron chi connectivity index (χ4n) is 2.80. The molecular weight excluding hydrogens is 385 g/mol. The van der Waals surface area contributed by atoms with Gasteiger partial charge in [-0.25, -0.2) is 10.4 Å². The summed E-state index contributed by atoms with van der Waals surface area (Å²) < 4.78 is 41.6. The first-order valence-electron chi connectivity index (χ1n) is 8.46. The fraction of sp³-hybridized carbons (Fsp3) is 0.211. The summed E-state index contributed by atoms with van der Waals surface area (Å²) in [7, 11) is -4.05. The van der Waals surface area contributed by atoms with Crippen LogP contribution >= 0.6 is 11.3 Å². The molecule has 1 N–H and O–H groups in total. The molecule has 0 radical (unpaired) electrons. The molecular formula is C19H20FN3O2S2. The highest BCUT2D eigenvalue weighted by Gasteiger charge is 2.31. The highest BCUT2D eigenvalue weighted by molar-refractivity contribution is 7.92. The molecule has 0 fully saturated rings. The number of hydrazine groups is 1. The lowest BCUT2D eigenvalue weighted by Gasteiger charge is -2.29. The summed E-state index contributed by atoms with van der Waals surface area (Å²) in [6.07, 6.45) is 0.609. The summed E-state index contributed by atoms with van der Waals surface area (Å²) in [5.41, 5.74) is 6.25. The molecule has 27 heavy (non-hydrogen) atoms. The molecule has 0 saturated carbocycles. The number of hydrogen-bond acceptors (Lipinski definition) is 5. The predicted molar refractivity (Wildman–Crippen MR) is 106 cm³/mol. The maximum atomic E-state index is 14.3. The predicted octanol–water partition coefficient (Wildman–Crippen LogP) is 4.44. The molecule has 2 aromatic carbocycles. The quantitative estimate of drug-likeness (QED) is 0.590. The molecule has 3 rings (SSSR count). The van der Waals surface area contributed by atoms with Crippen LogP contribution in [-0.2, 0) is 10.0 Å². The van der Waals surface area contributed by atoms with E-state index in [1.54, 1.807) is 18.2 Å². The van der Waals surface area contributed by atoms with Crippen LogP contribution in [0.4, 0.5) is 10.2 Å². The molecule has 3 aromatic rings. The molecule has 8 heteroatoms. The number of aromatic nitrogens is 1. The van der Waals surface area contributed by atoms with Gasteiger partial charge in [0.25, 0.3) is 10.0 Å². The van der Waals surface area contributed by atoms with Crippen LogP contribution in [0.5, 0.6) is 0 Å². The normalized spacial score (nSPS) is 12.7. The molecule has 1 atom stereocenters. The second-order valence-electron chi connectivity index (χ2n) is 5.98. The number of nitrogens with zero attached hydrogens (tertiary/aromatic N) is 2. The number of sulfonamides is 1. The molecule has 0 amide bonds. The second-order valence-corrected chi connectivity index (χ2v) is 8.57. The van der Waals surface area contributed by atoms with E-state index in [4.69, 9.17) is 0 Å². The number of anilines is 1. The van der Waals surface area contributed by atoms with Crippen molar-refractivity contribution in [2.45, 2.75) is 31.2 Å². The van der Waals surface area contributed by atoms with Crippen LogP contribution in [-0.4, -0.2) is 13.4 Å². The Morgan fingerprint density at radius 3 is 2.41 bits per heavy atom. The second kappa shape index (κ2) is 8.16. The van der Waals surface area contributed by atoms with Crippen molar-refractivity contribution < 1.29 is 12.8 Å². The number of thiazole rings is 1. The van der Waals surface area contributed by atoms with E-state index >= 15 is 0 Å². The Morgan fingerprint density at radius 2 is 1.81 bits per heavy atom. The number of rotatable bonds is 7. The zero-order valence-corrected chi connectivity index (χ0v) is 16.6. The summed E-state index contributed by atoms with van der Waals surface area (Å²) in [4.78, 5) is 4.00. The van der Waals surface area contributed by atoms with Crippen LogP contribution in [0.25, 0.3) is 0 Å². The van der Waals surface area contributed by atoms with E-state index in [9.17, 15) is 12.8 Å². The molecule has 5 nitrogen and oxygen atoms in total. The van der Waals surface area contributed by atoms with Crippen LogP contribution in [0.3, 0.4) is 0 Å². The summed E-state index contributed by atoms with van der Waals surface area (Å²) in [6, 6.07) is 15.3. The molecule has 0 aliphatic rings. The number of halogens is 1. The van der Waals surface area contributed by atoms with Gasteiger partial charge in [0.05, 0.1) is 16.4 Å². The molecule has 1 aromatic heterocycles. The first-order valence-corrected chi connectivity index (χ1v) is 10.8. The van der Waals surface area contributed by atoms with Gasteiger partial charge < -0.3 is 0 Å². The number of benzene rings is 2. The van der Waals surface area contributed by atoms with Crippen molar-refractivity contribution in [3.8, 4) is 0 Å². The molecule has 0 bridgehead atoms. The van der Waals surface area contributed by atoms with E-state index in [1.165, 1.54) is 17.6 Å². The van der Waals surface area contributed by atoms with E-state index in [0.29, 0.717) is 6.42 Å². The van der Waals surface area contributed by atoms with Gasteiger partial charge in [0, 0.05) is 0 Å². The van der Waals surface area contributed by atoms with Gasteiger partial charge in [0.1, 0.15) is 0 Å². The summed E-state index contributed by atoms with van der Waals surface area (Å²) in [5.74, 6) is -0.254. The number of nitrogens with one attached hydrogen (secondary N) is 1. The zero-order valence-electron chi connectivity index (χ0n) is 15.0. The molecule has 1 heterocycles. The summed E-state index contributed by atoms with van der Waals surface area (Å²) >= 11 is 0.754. The lowest BCUT2D eigenvalue weighted by Crippen LogP contribution is -2.45. The van der Waals surface area contributed by atoms with Gasteiger partial charge in [-0.05, 0) is 36.6 Å². The maximum absolute atomic E-state index is 14.3. The Labute approximate surface area is 162 Å². The Morgan fingerprint density at radius 1 is 1.15 bits per heavy atom. The molecule has 0 spiro atoms. The van der Waals surface area contributed by atoms with Gasteiger partial charge in [-0.3, -0.25) is 0 Å². The zero-order chi connectivity index (χ0) is 19.4. The minimum absolute atomic E-state index is 0.0598. The number of aryl methyl sites for hydroxylation is 1. The third kappa shape index (κ3) is 4.02. The van der Waals surface area contributed by atoms with Crippen LogP contribution < -0.4 is 9.84 Å². The van der Waals surface area contributed by atoms with E-state index in [0.717, 1.165) is 26.9 Å². The van der Waals surface area contributed by atoms with Gasteiger partial charge in [-0.1, -0.05) is 60.7 Å². The van der Waals surface area contributed by atoms with Crippen molar-refractivity contribution in [2.75, 3.05) is 4.41 Å². The van der Waals surface area contributed by atoms with Crippen molar-refractivity contribution in [1.82, 2.24) is 10.4 Å². The minimum Gasteiger partial charge on any atom is -0.223 e. The van der Waals surface area contributed by atoms with Crippen molar-refractivity contribution in [3.63, 3.8) is 0 Å². The van der Waals surface area contributed by atoms with Gasteiger partial charge >= 0.3 is 0 Å². The number of hydrogen-bond donors (Lipinski definition) is 1. The Kier molecular flexibility index (Phi) is 5.88. The largest absolute Gasteiger partial charge is 0.279 e. The van der Waals surface area contributed by atoms with E-state index in [1.807, 2.05) is 38.1 Å². The van der Waals surface area contributed by atoms with E-state index < -0.39 is 15.2 Å². The smallest absolute Gasteiger partial charge is 0.223 e. The van der Waals surface area contributed by atoms with Crippen LogP contribution in [0.15, 0.2) is 65.0 Å². The van der Waals surface area contributed by atoms with Crippen molar-refractivity contribution >= 4 is 27.2 Å². The molecule has 0 saturated heterocycles. The molecule has 142 valence electrons. The van der Waals surface area contributed by atoms with Crippen LogP contribution in [0.1, 0.15) is 30.5 Å². The highest BCUT2D eigenvalue weighted by Crippen LogP contribution is 2.29. The van der Waals surface area contributed by atoms with Crippen molar-refractivity contribution in [1.29, 1.82) is 0 Å². The average molecular weight is 406 g/mol. The van der Waals surface area contributed by atoms with E-state index in [-0.39, 0.29) is 16.8 Å². The standard InChI is InChI=1S/C19H20FN3O2S2/c1-3-17(16-12-8-7-9-14(16)2)22-23(19-18(20)26-13-21-19)27(24,25)15-10-5-4-6-11-15/h4-13,17,22H,3H2,1-2H3/t17-/m0/s1. The first kappa shape index (κ1) is 19.5.